The molecule has 0 aliphatic carbocycles. The zero-order chi connectivity index (χ0) is 28.3. The molecule has 1 fully saturated rings. The van der Waals surface area contributed by atoms with E-state index in [-0.39, 0.29) is 11.7 Å². The number of benzene rings is 2. The van der Waals surface area contributed by atoms with Crippen LogP contribution in [0.15, 0.2) is 42.5 Å². The van der Waals surface area contributed by atoms with Crippen LogP contribution in [0.4, 0.5) is 10.1 Å². The van der Waals surface area contributed by atoms with E-state index >= 15 is 4.39 Å². The molecule has 2 aliphatic heterocycles. The third-order valence-electron chi connectivity index (χ3n) is 7.88. The highest BCUT2D eigenvalue weighted by molar-refractivity contribution is 6.08. The number of amides is 1. The second-order valence-electron chi connectivity index (χ2n) is 12.2. The first kappa shape index (κ1) is 28.3. The molecule has 3 aromatic rings. The molecule has 0 spiro atoms. The van der Waals surface area contributed by atoms with E-state index in [0.29, 0.717) is 30.6 Å². The first-order valence-electron chi connectivity index (χ1n) is 14.5. The van der Waals surface area contributed by atoms with Crippen LogP contribution in [-0.4, -0.2) is 78.1 Å². The predicted molar refractivity (Wildman–Crippen MR) is 158 cm³/mol. The van der Waals surface area contributed by atoms with Crippen molar-refractivity contribution in [1.29, 1.82) is 0 Å². The number of piperazine rings is 1. The van der Waals surface area contributed by atoms with Gasteiger partial charge in [0.2, 0.25) is 0 Å². The van der Waals surface area contributed by atoms with Gasteiger partial charge in [-0.1, -0.05) is 39.0 Å². The SMILES string of the molecule is Cc1nc2c([nH]1)-c1ccccc1N(C(=O)c1ccc(OCCCN3CCN(CCC(C)(C)C)CC3)c(F)c1)CC2. The summed E-state index contributed by atoms with van der Waals surface area (Å²) in [5.41, 5.74) is 4.29. The molecule has 0 bridgehead atoms. The molecule has 0 radical (unpaired) electrons. The summed E-state index contributed by atoms with van der Waals surface area (Å²) in [4.78, 5) is 28.2. The van der Waals surface area contributed by atoms with Gasteiger partial charge >= 0.3 is 0 Å². The van der Waals surface area contributed by atoms with Crippen molar-refractivity contribution in [3.63, 3.8) is 0 Å². The number of fused-ring (bicyclic) bond motifs is 3. The zero-order valence-corrected chi connectivity index (χ0v) is 24.3. The number of hydrogen-bond donors (Lipinski definition) is 1. The number of hydrogen-bond acceptors (Lipinski definition) is 5. The Morgan fingerprint density at radius 3 is 2.48 bits per heavy atom. The van der Waals surface area contributed by atoms with Gasteiger partial charge in [0.25, 0.3) is 5.91 Å². The topological polar surface area (TPSA) is 64.7 Å². The number of aryl methyl sites for hydroxylation is 1. The van der Waals surface area contributed by atoms with Gasteiger partial charge in [-0.15, -0.1) is 0 Å². The molecule has 2 aliphatic rings. The second-order valence-corrected chi connectivity index (χ2v) is 12.2. The summed E-state index contributed by atoms with van der Waals surface area (Å²) in [6.45, 7) is 16.2. The van der Waals surface area contributed by atoms with Crippen LogP contribution in [0.1, 0.15) is 55.5 Å². The molecule has 0 unspecified atom stereocenters. The molecule has 5 rings (SSSR count). The minimum absolute atomic E-state index is 0.189. The summed E-state index contributed by atoms with van der Waals surface area (Å²) in [5.74, 6) is 0.297. The molecule has 2 aromatic carbocycles. The van der Waals surface area contributed by atoms with Crippen molar-refractivity contribution in [1.82, 2.24) is 19.8 Å². The van der Waals surface area contributed by atoms with Gasteiger partial charge in [0.05, 0.1) is 23.7 Å². The maximum absolute atomic E-state index is 15.0. The summed E-state index contributed by atoms with van der Waals surface area (Å²) in [6, 6.07) is 12.3. The molecule has 0 atom stereocenters. The van der Waals surface area contributed by atoms with Gasteiger partial charge in [-0.25, -0.2) is 9.37 Å². The van der Waals surface area contributed by atoms with E-state index in [1.807, 2.05) is 31.2 Å². The number of halogens is 1. The molecule has 3 heterocycles. The van der Waals surface area contributed by atoms with Crippen molar-refractivity contribution in [2.45, 2.75) is 47.0 Å². The Labute approximate surface area is 237 Å². The summed E-state index contributed by atoms with van der Waals surface area (Å²) in [6.07, 6.45) is 2.67. The van der Waals surface area contributed by atoms with Crippen LogP contribution in [0.3, 0.4) is 0 Å². The Balaban J connectivity index is 1.13. The van der Waals surface area contributed by atoms with Gasteiger partial charge in [0.1, 0.15) is 5.82 Å². The number of H-pyrrole nitrogens is 1. The van der Waals surface area contributed by atoms with Gasteiger partial charge in [0, 0.05) is 56.8 Å². The van der Waals surface area contributed by atoms with E-state index in [4.69, 9.17) is 4.74 Å². The Hall–Kier alpha value is -3.23. The molecule has 40 heavy (non-hydrogen) atoms. The lowest BCUT2D eigenvalue weighted by atomic mass is 9.92. The Kier molecular flexibility index (Phi) is 8.57. The highest BCUT2D eigenvalue weighted by Crippen LogP contribution is 2.36. The van der Waals surface area contributed by atoms with Crippen LogP contribution in [0.2, 0.25) is 0 Å². The standard InChI is InChI=1S/C32H42FN5O2/c1-23-34-27-12-15-38(28-9-6-5-8-25(28)30(27)35-23)31(39)24-10-11-29(26(33)22-24)40-21-7-14-36-17-19-37(20-18-36)16-13-32(2,3)4/h5-6,8-11,22H,7,12-21H2,1-4H3,(H,34,35). The van der Waals surface area contributed by atoms with Gasteiger partial charge in [0.15, 0.2) is 11.6 Å². The van der Waals surface area contributed by atoms with Crippen LogP contribution in [0.5, 0.6) is 5.75 Å². The van der Waals surface area contributed by atoms with Gasteiger partial charge in [-0.3, -0.25) is 4.79 Å². The molecule has 0 saturated carbocycles. The predicted octanol–water partition coefficient (Wildman–Crippen LogP) is 5.55. The van der Waals surface area contributed by atoms with Crippen molar-refractivity contribution in [2.24, 2.45) is 5.41 Å². The molecule has 8 heteroatoms. The molecule has 1 amide bonds. The lowest BCUT2D eigenvalue weighted by molar-refractivity contribution is 0.0987. The molecule has 214 valence electrons. The molecule has 1 aromatic heterocycles. The summed E-state index contributed by atoms with van der Waals surface area (Å²) in [7, 11) is 0. The fraction of sp³-hybridized carbons (Fsp3) is 0.500. The maximum atomic E-state index is 15.0. The van der Waals surface area contributed by atoms with Gasteiger partial charge in [-0.05, 0) is 56.0 Å². The maximum Gasteiger partial charge on any atom is 0.258 e. The number of nitrogens with one attached hydrogen (secondary N) is 1. The van der Waals surface area contributed by atoms with Crippen LogP contribution in [0.25, 0.3) is 11.3 Å². The highest BCUT2D eigenvalue weighted by atomic mass is 19.1. The number of nitrogens with zero attached hydrogens (tertiary/aromatic N) is 4. The average Bonchev–Trinajstić information content (AvgIpc) is 3.24. The third-order valence-corrected chi connectivity index (χ3v) is 7.88. The Morgan fingerprint density at radius 2 is 1.75 bits per heavy atom. The van der Waals surface area contributed by atoms with Crippen molar-refractivity contribution in [3.05, 3.63) is 65.4 Å². The molecule has 1 saturated heterocycles. The number of aromatic nitrogens is 2. The zero-order valence-electron chi connectivity index (χ0n) is 24.3. The number of ether oxygens (including phenoxy) is 1. The lowest BCUT2D eigenvalue weighted by Crippen LogP contribution is -2.47. The van der Waals surface area contributed by atoms with E-state index in [9.17, 15) is 4.79 Å². The van der Waals surface area contributed by atoms with E-state index in [1.165, 1.54) is 12.5 Å². The fourth-order valence-corrected chi connectivity index (χ4v) is 5.52. The minimum Gasteiger partial charge on any atom is -0.490 e. The number of imidazole rings is 1. The number of anilines is 1. The minimum atomic E-state index is -0.510. The Bertz CT molecular complexity index is 1320. The van der Waals surface area contributed by atoms with Crippen molar-refractivity contribution >= 4 is 11.6 Å². The first-order valence-corrected chi connectivity index (χ1v) is 14.5. The monoisotopic (exact) mass is 547 g/mol. The van der Waals surface area contributed by atoms with E-state index in [1.54, 1.807) is 17.0 Å². The number of aromatic amines is 1. The molecule has 7 nitrogen and oxygen atoms in total. The van der Waals surface area contributed by atoms with Crippen LogP contribution in [-0.2, 0) is 6.42 Å². The highest BCUT2D eigenvalue weighted by Gasteiger charge is 2.27. The van der Waals surface area contributed by atoms with Gasteiger partial charge < -0.3 is 24.4 Å². The first-order chi connectivity index (χ1) is 19.2. The molecule has 1 N–H and O–H groups in total. The van der Waals surface area contributed by atoms with Crippen LogP contribution in [0, 0.1) is 18.2 Å². The van der Waals surface area contributed by atoms with Crippen LogP contribution >= 0.6 is 0 Å². The van der Waals surface area contributed by atoms with E-state index in [0.717, 1.165) is 74.2 Å². The van der Waals surface area contributed by atoms with Crippen molar-refractivity contribution in [3.8, 4) is 17.0 Å². The second kappa shape index (κ2) is 12.1. The van der Waals surface area contributed by atoms with Crippen LogP contribution < -0.4 is 9.64 Å². The summed E-state index contributed by atoms with van der Waals surface area (Å²) >= 11 is 0. The lowest BCUT2D eigenvalue weighted by Gasteiger charge is -2.35. The van der Waals surface area contributed by atoms with Crippen molar-refractivity contribution in [2.75, 3.05) is 57.3 Å². The third kappa shape index (κ3) is 6.73. The summed E-state index contributed by atoms with van der Waals surface area (Å²) in [5, 5.41) is 0. The van der Waals surface area contributed by atoms with Crippen molar-refractivity contribution < 1.29 is 13.9 Å². The van der Waals surface area contributed by atoms with E-state index in [2.05, 4.69) is 40.5 Å². The average molecular weight is 548 g/mol. The quantitative estimate of drug-likeness (QED) is 0.375. The Morgan fingerprint density at radius 1 is 1.02 bits per heavy atom. The fourth-order valence-electron chi connectivity index (χ4n) is 5.52. The smallest absolute Gasteiger partial charge is 0.258 e. The number of para-hydroxylation sites is 1. The molecular weight excluding hydrogens is 505 g/mol. The largest absolute Gasteiger partial charge is 0.490 e. The normalized spacial score (nSPS) is 16.4. The molecular formula is C32H42FN5O2. The van der Waals surface area contributed by atoms with Gasteiger partial charge in [-0.2, -0.15) is 0 Å². The van der Waals surface area contributed by atoms with E-state index < -0.39 is 5.82 Å². The number of rotatable bonds is 8. The number of carbonyl (C=O) groups is 1. The number of carbonyl (C=O) groups excluding carboxylic acids is 1. The summed E-state index contributed by atoms with van der Waals surface area (Å²) < 4.78 is 20.8.